The number of piperidine rings is 1. The number of benzene rings is 1. The molecule has 128 valence electrons. The zero-order chi connectivity index (χ0) is 17.1. The molecule has 3 rings (SSSR count). The van der Waals surface area contributed by atoms with Gasteiger partial charge in [0.15, 0.2) is 0 Å². The molecule has 3 N–H and O–H groups in total. The fourth-order valence-corrected chi connectivity index (χ4v) is 3.39. The number of rotatable bonds is 4. The molecule has 0 aromatic heterocycles. The van der Waals surface area contributed by atoms with Gasteiger partial charge in [-0.1, -0.05) is 12.1 Å². The van der Waals surface area contributed by atoms with E-state index in [4.69, 9.17) is 0 Å². The summed E-state index contributed by atoms with van der Waals surface area (Å²) in [6.07, 6.45) is 2.51. The predicted molar refractivity (Wildman–Crippen MR) is 90.2 cm³/mol. The summed E-state index contributed by atoms with van der Waals surface area (Å²) in [5.41, 5.74) is 1.75. The predicted octanol–water partition coefficient (Wildman–Crippen LogP) is 1.22. The van der Waals surface area contributed by atoms with Crippen molar-refractivity contribution in [2.75, 3.05) is 11.9 Å². The van der Waals surface area contributed by atoms with Gasteiger partial charge in [-0.15, -0.1) is 0 Å². The van der Waals surface area contributed by atoms with Gasteiger partial charge in [0.2, 0.25) is 17.7 Å². The molecule has 0 saturated carbocycles. The molecule has 2 heterocycles. The van der Waals surface area contributed by atoms with Crippen LogP contribution in [0.1, 0.15) is 31.7 Å². The first-order valence-electron chi connectivity index (χ1n) is 8.48. The van der Waals surface area contributed by atoms with Crippen LogP contribution < -0.4 is 16.0 Å². The molecule has 3 atom stereocenters. The van der Waals surface area contributed by atoms with E-state index >= 15 is 0 Å². The van der Waals surface area contributed by atoms with Crippen LogP contribution in [0.4, 0.5) is 5.69 Å². The number of imide groups is 1. The van der Waals surface area contributed by atoms with E-state index in [1.54, 1.807) is 0 Å². The van der Waals surface area contributed by atoms with Crippen LogP contribution in [0, 0.1) is 11.8 Å². The van der Waals surface area contributed by atoms with Gasteiger partial charge in [0.1, 0.15) is 0 Å². The first-order chi connectivity index (χ1) is 11.5. The lowest BCUT2D eigenvalue weighted by molar-refractivity contribution is -0.126. The third-order valence-corrected chi connectivity index (χ3v) is 4.76. The smallest absolute Gasteiger partial charge is 0.230 e. The second kappa shape index (κ2) is 7.13. The second-order valence-corrected chi connectivity index (χ2v) is 6.78. The van der Waals surface area contributed by atoms with Gasteiger partial charge in [0, 0.05) is 24.1 Å². The first-order valence-corrected chi connectivity index (χ1v) is 8.48. The average molecular weight is 329 g/mol. The zero-order valence-corrected chi connectivity index (χ0v) is 13.8. The first kappa shape index (κ1) is 16.6. The standard InChI is InChI=1S/C18H23N3O3/c1-11-8-13(6-7-19-11)17(23)20-15-4-2-12(3-5-15)9-14-10-16(22)21-18(14)24/h2-5,11,13-14,19H,6-10H2,1H3,(H,20,23)(H,21,22,24)/t11-,13-,14?/m0/s1. The van der Waals surface area contributed by atoms with Gasteiger partial charge < -0.3 is 10.6 Å². The summed E-state index contributed by atoms with van der Waals surface area (Å²) in [6, 6.07) is 7.88. The molecule has 2 aliphatic rings. The molecule has 1 aromatic rings. The maximum Gasteiger partial charge on any atom is 0.230 e. The highest BCUT2D eigenvalue weighted by Gasteiger charge is 2.30. The molecule has 0 radical (unpaired) electrons. The van der Waals surface area contributed by atoms with Gasteiger partial charge in [0.05, 0.1) is 5.92 Å². The third-order valence-electron chi connectivity index (χ3n) is 4.76. The lowest BCUT2D eigenvalue weighted by atomic mass is 9.92. The van der Waals surface area contributed by atoms with Crippen molar-refractivity contribution in [1.29, 1.82) is 0 Å². The molecular formula is C18H23N3O3. The molecule has 1 aromatic carbocycles. The van der Waals surface area contributed by atoms with Gasteiger partial charge in [-0.2, -0.15) is 0 Å². The number of carbonyl (C=O) groups is 3. The summed E-state index contributed by atoms with van der Waals surface area (Å²) in [7, 11) is 0. The van der Waals surface area contributed by atoms with Crippen LogP contribution in [0.25, 0.3) is 0 Å². The summed E-state index contributed by atoms with van der Waals surface area (Å²) >= 11 is 0. The van der Waals surface area contributed by atoms with Gasteiger partial charge in [-0.3, -0.25) is 19.7 Å². The zero-order valence-electron chi connectivity index (χ0n) is 13.8. The Balaban J connectivity index is 1.55. The minimum absolute atomic E-state index is 0.0501. The number of amides is 3. The molecule has 0 aliphatic carbocycles. The minimum atomic E-state index is -0.283. The molecule has 6 nitrogen and oxygen atoms in total. The normalized spacial score (nSPS) is 27.0. The van der Waals surface area contributed by atoms with E-state index in [-0.39, 0.29) is 36.0 Å². The number of hydrogen-bond donors (Lipinski definition) is 3. The lowest BCUT2D eigenvalue weighted by Crippen LogP contribution is -2.40. The molecule has 6 heteroatoms. The van der Waals surface area contributed by atoms with Gasteiger partial charge in [-0.05, 0) is 50.4 Å². The van der Waals surface area contributed by atoms with Crippen LogP contribution in [0.3, 0.4) is 0 Å². The van der Waals surface area contributed by atoms with Crippen molar-refractivity contribution in [3.63, 3.8) is 0 Å². The van der Waals surface area contributed by atoms with E-state index in [9.17, 15) is 14.4 Å². The van der Waals surface area contributed by atoms with Crippen molar-refractivity contribution in [2.45, 2.75) is 38.6 Å². The molecule has 2 aliphatic heterocycles. The quantitative estimate of drug-likeness (QED) is 0.725. The van der Waals surface area contributed by atoms with Gasteiger partial charge >= 0.3 is 0 Å². The lowest BCUT2D eigenvalue weighted by Gasteiger charge is -2.27. The molecule has 2 saturated heterocycles. The summed E-state index contributed by atoms with van der Waals surface area (Å²) in [5, 5.41) is 8.64. The highest BCUT2D eigenvalue weighted by molar-refractivity contribution is 6.03. The Bertz CT molecular complexity index is 641. The van der Waals surface area contributed by atoms with E-state index < -0.39 is 0 Å². The van der Waals surface area contributed by atoms with E-state index in [0.29, 0.717) is 12.5 Å². The average Bonchev–Trinajstić information content (AvgIpc) is 2.87. The Morgan fingerprint density at radius 1 is 1.25 bits per heavy atom. The van der Waals surface area contributed by atoms with Gasteiger partial charge in [-0.25, -0.2) is 0 Å². The fourth-order valence-electron chi connectivity index (χ4n) is 3.39. The molecule has 0 bridgehead atoms. The van der Waals surface area contributed by atoms with Crippen molar-refractivity contribution >= 4 is 23.4 Å². The minimum Gasteiger partial charge on any atom is -0.326 e. The second-order valence-electron chi connectivity index (χ2n) is 6.78. The summed E-state index contributed by atoms with van der Waals surface area (Å²) in [4.78, 5) is 35.2. The number of hydrogen-bond acceptors (Lipinski definition) is 4. The molecule has 24 heavy (non-hydrogen) atoms. The number of carbonyl (C=O) groups excluding carboxylic acids is 3. The highest BCUT2D eigenvalue weighted by Crippen LogP contribution is 2.21. The Labute approximate surface area is 141 Å². The topological polar surface area (TPSA) is 87.3 Å². The summed E-state index contributed by atoms with van der Waals surface area (Å²) in [6.45, 7) is 2.97. The maximum absolute atomic E-state index is 12.3. The van der Waals surface area contributed by atoms with E-state index in [2.05, 4.69) is 22.9 Å². The van der Waals surface area contributed by atoms with E-state index in [0.717, 1.165) is 30.6 Å². The molecule has 3 amide bonds. The Hall–Kier alpha value is -2.21. The van der Waals surface area contributed by atoms with Crippen molar-refractivity contribution in [2.24, 2.45) is 11.8 Å². The Morgan fingerprint density at radius 2 is 2.00 bits per heavy atom. The number of anilines is 1. The molecule has 1 unspecified atom stereocenters. The van der Waals surface area contributed by atoms with Crippen LogP contribution >= 0.6 is 0 Å². The molecule has 2 fully saturated rings. The highest BCUT2D eigenvalue weighted by atomic mass is 16.2. The van der Waals surface area contributed by atoms with E-state index in [1.165, 1.54) is 0 Å². The van der Waals surface area contributed by atoms with Crippen LogP contribution in [0.2, 0.25) is 0 Å². The van der Waals surface area contributed by atoms with Crippen molar-refractivity contribution in [3.8, 4) is 0 Å². The van der Waals surface area contributed by atoms with Crippen molar-refractivity contribution in [3.05, 3.63) is 29.8 Å². The molecular weight excluding hydrogens is 306 g/mol. The third kappa shape index (κ3) is 4.00. The monoisotopic (exact) mass is 329 g/mol. The van der Waals surface area contributed by atoms with Crippen molar-refractivity contribution < 1.29 is 14.4 Å². The van der Waals surface area contributed by atoms with Crippen LogP contribution in [0.15, 0.2) is 24.3 Å². The maximum atomic E-state index is 12.3. The SMILES string of the molecule is C[C@H]1C[C@@H](C(=O)Nc2ccc(CC3CC(=O)NC3=O)cc2)CCN1. The van der Waals surface area contributed by atoms with Crippen LogP contribution in [-0.2, 0) is 20.8 Å². The van der Waals surface area contributed by atoms with Gasteiger partial charge in [0.25, 0.3) is 0 Å². The van der Waals surface area contributed by atoms with Crippen LogP contribution in [0.5, 0.6) is 0 Å². The summed E-state index contributed by atoms with van der Waals surface area (Å²) in [5.74, 6) is -0.567. The van der Waals surface area contributed by atoms with E-state index in [1.807, 2.05) is 24.3 Å². The largest absolute Gasteiger partial charge is 0.326 e. The molecule has 0 spiro atoms. The Morgan fingerprint density at radius 3 is 2.62 bits per heavy atom. The fraction of sp³-hybridized carbons (Fsp3) is 0.500. The van der Waals surface area contributed by atoms with Crippen LogP contribution in [-0.4, -0.2) is 30.3 Å². The van der Waals surface area contributed by atoms with Crippen molar-refractivity contribution in [1.82, 2.24) is 10.6 Å². The number of nitrogens with one attached hydrogen (secondary N) is 3. The Kier molecular flexibility index (Phi) is 4.94. The summed E-state index contributed by atoms with van der Waals surface area (Å²) < 4.78 is 0.